The van der Waals surface area contributed by atoms with Crippen molar-refractivity contribution < 1.29 is 0 Å². The molecule has 82 valence electrons. The van der Waals surface area contributed by atoms with Gasteiger partial charge in [0.1, 0.15) is 12.4 Å². The second-order valence-electron chi connectivity index (χ2n) is 3.96. The van der Waals surface area contributed by atoms with Crippen molar-refractivity contribution in [1.29, 1.82) is 0 Å². The van der Waals surface area contributed by atoms with E-state index < -0.39 is 0 Å². The molecule has 1 aliphatic heterocycles. The van der Waals surface area contributed by atoms with Crippen LogP contribution < -0.4 is 0 Å². The number of rotatable bonds is 2. The second kappa shape index (κ2) is 4.34. The maximum Gasteiger partial charge on any atom is 0.119 e. The molecule has 3 rings (SSSR count). The van der Waals surface area contributed by atoms with Gasteiger partial charge in [-0.1, -0.05) is 60.7 Å². The molecular formula is C15H12N2. The molecule has 2 aromatic rings. The number of benzene rings is 2. The van der Waals surface area contributed by atoms with Crippen LogP contribution in [0.2, 0.25) is 0 Å². The number of nitrogens with zero attached hydrogens (tertiary/aromatic N) is 2. The molecule has 0 aliphatic carbocycles. The maximum atomic E-state index is 4.44. The van der Waals surface area contributed by atoms with Gasteiger partial charge >= 0.3 is 0 Å². The van der Waals surface area contributed by atoms with Crippen molar-refractivity contribution in [2.75, 3.05) is 0 Å². The summed E-state index contributed by atoms with van der Waals surface area (Å²) in [5, 5.41) is 0. The van der Waals surface area contributed by atoms with E-state index in [-0.39, 0.29) is 6.04 Å². The molecule has 0 N–H and O–H groups in total. The summed E-state index contributed by atoms with van der Waals surface area (Å²) < 4.78 is 0. The van der Waals surface area contributed by atoms with Crippen LogP contribution in [0, 0.1) is 0 Å². The molecule has 1 heterocycles. The zero-order valence-corrected chi connectivity index (χ0v) is 9.32. The smallest absolute Gasteiger partial charge is 0.119 e. The van der Waals surface area contributed by atoms with Crippen LogP contribution in [-0.4, -0.2) is 12.1 Å². The van der Waals surface area contributed by atoms with Gasteiger partial charge < -0.3 is 0 Å². The summed E-state index contributed by atoms with van der Waals surface area (Å²) in [4.78, 5) is 8.82. The number of aliphatic imine (C=N–C) groups is 2. The van der Waals surface area contributed by atoms with E-state index in [1.54, 1.807) is 6.34 Å². The van der Waals surface area contributed by atoms with Crippen LogP contribution in [0.5, 0.6) is 0 Å². The Hall–Kier alpha value is -2.22. The van der Waals surface area contributed by atoms with Crippen LogP contribution in [-0.2, 0) is 0 Å². The summed E-state index contributed by atoms with van der Waals surface area (Å²) in [6, 6.07) is 20.5. The number of hydrogen-bond acceptors (Lipinski definition) is 2. The van der Waals surface area contributed by atoms with Gasteiger partial charge in [0.25, 0.3) is 0 Å². The van der Waals surface area contributed by atoms with Gasteiger partial charge in [0.05, 0.1) is 5.71 Å². The Morgan fingerprint density at radius 3 is 2.12 bits per heavy atom. The van der Waals surface area contributed by atoms with Crippen molar-refractivity contribution >= 4 is 12.1 Å². The molecule has 17 heavy (non-hydrogen) atoms. The zero-order valence-electron chi connectivity index (χ0n) is 9.32. The second-order valence-corrected chi connectivity index (χ2v) is 3.96. The molecule has 0 fully saturated rings. The lowest BCUT2D eigenvalue weighted by molar-refractivity contribution is 0.990. The topological polar surface area (TPSA) is 24.7 Å². The largest absolute Gasteiger partial charge is 0.259 e. The fraction of sp³-hybridized carbons (Fsp3) is 0.0667. The monoisotopic (exact) mass is 220 g/mol. The van der Waals surface area contributed by atoms with Crippen molar-refractivity contribution in [1.82, 2.24) is 0 Å². The molecule has 0 radical (unpaired) electrons. The van der Waals surface area contributed by atoms with Gasteiger partial charge in [-0.3, -0.25) is 4.99 Å². The minimum Gasteiger partial charge on any atom is -0.259 e. The lowest BCUT2D eigenvalue weighted by Crippen LogP contribution is -2.08. The minimum absolute atomic E-state index is 0.0404. The quantitative estimate of drug-likeness (QED) is 0.742. The van der Waals surface area contributed by atoms with Crippen molar-refractivity contribution in [3.05, 3.63) is 71.8 Å². The summed E-state index contributed by atoms with van der Waals surface area (Å²) in [5.74, 6) is 0. The van der Waals surface area contributed by atoms with Crippen molar-refractivity contribution in [2.24, 2.45) is 9.98 Å². The first kappa shape index (κ1) is 9.97. The highest BCUT2D eigenvalue weighted by atomic mass is 15.0. The third kappa shape index (κ3) is 1.89. The lowest BCUT2D eigenvalue weighted by Gasteiger charge is -2.11. The van der Waals surface area contributed by atoms with Crippen molar-refractivity contribution in [3.63, 3.8) is 0 Å². The van der Waals surface area contributed by atoms with Crippen LogP contribution >= 0.6 is 0 Å². The Morgan fingerprint density at radius 1 is 0.765 bits per heavy atom. The van der Waals surface area contributed by atoms with Gasteiger partial charge in [0.15, 0.2) is 0 Å². The Morgan fingerprint density at radius 2 is 1.41 bits per heavy atom. The predicted octanol–water partition coefficient (Wildman–Crippen LogP) is 3.26. The van der Waals surface area contributed by atoms with Gasteiger partial charge in [-0.05, 0) is 11.1 Å². The van der Waals surface area contributed by atoms with Crippen molar-refractivity contribution in [2.45, 2.75) is 6.04 Å². The molecule has 1 unspecified atom stereocenters. The average molecular weight is 220 g/mol. The fourth-order valence-electron chi connectivity index (χ4n) is 2.02. The first-order valence-electron chi connectivity index (χ1n) is 5.65. The SMILES string of the molecule is C1=NC(c2ccccc2)C(c2ccccc2)=N1. The lowest BCUT2D eigenvalue weighted by atomic mass is 9.98. The molecule has 2 heteroatoms. The molecule has 0 aromatic heterocycles. The van der Waals surface area contributed by atoms with Gasteiger partial charge in [0.2, 0.25) is 0 Å². The minimum atomic E-state index is 0.0404. The van der Waals surface area contributed by atoms with Gasteiger partial charge in [-0.15, -0.1) is 0 Å². The van der Waals surface area contributed by atoms with E-state index in [1.165, 1.54) is 5.56 Å². The van der Waals surface area contributed by atoms with Crippen LogP contribution in [0.4, 0.5) is 0 Å². The molecule has 0 amide bonds. The van der Waals surface area contributed by atoms with Crippen molar-refractivity contribution in [3.8, 4) is 0 Å². The summed E-state index contributed by atoms with van der Waals surface area (Å²) in [6.07, 6.45) is 1.65. The standard InChI is InChI=1S/C15H12N2/c1-3-7-12(8-4-1)14-15(17-11-16-14)13-9-5-2-6-10-13/h1-11,14H. The van der Waals surface area contributed by atoms with Crippen LogP contribution in [0.25, 0.3) is 0 Å². The van der Waals surface area contributed by atoms with E-state index in [1.807, 2.05) is 36.4 Å². The molecule has 0 saturated carbocycles. The molecular weight excluding hydrogens is 208 g/mol. The van der Waals surface area contributed by atoms with Gasteiger partial charge in [-0.2, -0.15) is 0 Å². The summed E-state index contributed by atoms with van der Waals surface area (Å²) in [6.45, 7) is 0. The van der Waals surface area contributed by atoms with Crippen LogP contribution in [0.1, 0.15) is 17.2 Å². The average Bonchev–Trinajstić information content (AvgIpc) is 2.90. The van der Waals surface area contributed by atoms with E-state index in [2.05, 4.69) is 34.3 Å². The zero-order chi connectivity index (χ0) is 11.5. The Labute approximate surface area is 100 Å². The molecule has 2 aromatic carbocycles. The predicted molar refractivity (Wildman–Crippen MR) is 70.7 cm³/mol. The first-order chi connectivity index (χ1) is 8.45. The Bertz CT molecular complexity index is 556. The van der Waals surface area contributed by atoms with Gasteiger partial charge in [0, 0.05) is 0 Å². The molecule has 0 bridgehead atoms. The molecule has 0 spiro atoms. The third-order valence-corrected chi connectivity index (χ3v) is 2.86. The summed E-state index contributed by atoms with van der Waals surface area (Å²) in [5.41, 5.74) is 3.35. The summed E-state index contributed by atoms with van der Waals surface area (Å²) in [7, 11) is 0. The van der Waals surface area contributed by atoms with E-state index in [0.29, 0.717) is 0 Å². The summed E-state index contributed by atoms with van der Waals surface area (Å²) >= 11 is 0. The molecule has 1 aliphatic rings. The van der Waals surface area contributed by atoms with E-state index in [0.717, 1.165) is 11.3 Å². The molecule has 2 nitrogen and oxygen atoms in total. The molecule has 0 saturated heterocycles. The Kier molecular flexibility index (Phi) is 2.54. The van der Waals surface area contributed by atoms with E-state index in [9.17, 15) is 0 Å². The van der Waals surface area contributed by atoms with E-state index in [4.69, 9.17) is 0 Å². The highest BCUT2D eigenvalue weighted by Gasteiger charge is 2.21. The Balaban J connectivity index is 1.98. The molecule has 1 atom stereocenters. The van der Waals surface area contributed by atoms with Crippen LogP contribution in [0.15, 0.2) is 70.6 Å². The van der Waals surface area contributed by atoms with Gasteiger partial charge in [-0.25, -0.2) is 4.99 Å². The fourth-order valence-corrected chi connectivity index (χ4v) is 2.02. The highest BCUT2D eigenvalue weighted by Crippen LogP contribution is 2.25. The third-order valence-electron chi connectivity index (χ3n) is 2.86. The first-order valence-corrected chi connectivity index (χ1v) is 5.65. The number of hydrogen-bond donors (Lipinski definition) is 0. The normalized spacial score (nSPS) is 18.1. The maximum absolute atomic E-state index is 4.44. The van der Waals surface area contributed by atoms with E-state index >= 15 is 0 Å². The highest BCUT2D eigenvalue weighted by molar-refractivity contribution is 6.10. The van der Waals surface area contributed by atoms with Crippen LogP contribution in [0.3, 0.4) is 0 Å².